The SMILES string of the molecule is NC(=O)/C(=C\c1ccc(C(F)(F)F)nc1)Cc1ccc(-c2ccccn2)cc1. The maximum absolute atomic E-state index is 12.6. The first-order valence-electron chi connectivity index (χ1n) is 8.37. The molecule has 142 valence electrons. The number of benzene rings is 1. The number of pyridine rings is 2. The Kier molecular flexibility index (Phi) is 5.54. The van der Waals surface area contributed by atoms with E-state index < -0.39 is 17.8 Å². The van der Waals surface area contributed by atoms with Crippen LogP contribution in [0.2, 0.25) is 0 Å². The molecular weight excluding hydrogens is 367 g/mol. The Balaban J connectivity index is 1.79. The Labute approximate surface area is 159 Å². The van der Waals surface area contributed by atoms with Gasteiger partial charge in [0.05, 0.1) is 5.69 Å². The van der Waals surface area contributed by atoms with E-state index in [1.165, 1.54) is 12.1 Å². The van der Waals surface area contributed by atoms with Crippen LogP contribution in [-0.4, -0.2) is 15.9 Å². The van der Waals surface area contributed by atoms with E-state index in [0.29, 0.717) is 5.56 Å². The molecule has 7 heteroatoms. The van der Waals surface area contributed by atoms with Crippen molar-refractivity contribution in [3.05, 3.63) is 89.4 Å². The van der Waals surface area contributed by atoms with Gasteiger partial charge in [-0.25, -0.2) is 0 Å². The van der Waals surface area contributed by atoms with Gasteiger partial charge in [-0.15, -0.1) is 0 Å². The summed E-state index contributed by atoms with van der Waals surface area (Å²) in [6, 6.07) is 15.2. The van der Waals surface area contributed by atoms with Gasteiger partial charge in [0.2, 0.25) is 5.91 Å². The molecule has 28 heavy (non-hydrogen) atoms. The second-order valence-electron chi connectivity index (χ2n) is 6.10. The number of primary amides is 1. The number of rotatable bonds is 5. The average Bonchev–Trinajstić information content (AvgIpc) is 2.68. The van der Waals surface area contributed by atoms with E-state index in [2.05, 4.69) is 9.97 Å². The average molecular weight is 383 g/mol. The predicted octanol–water partition coefficient (Wildman–Crippen LogP) is 4.27. The third kappa shape index (κ3) is 4.82. The molecule has 0 aliphatic rings. The number of hydrogen-bond acceptors (Lipinski definition) is 3. The number of aromatic nitrogens is 2. The van der Waals surface area contributed by atoms with Gasteiger partial charge in [0.25, 0.3) is 0 Å². The van der Waals surface area contributed by atoms with Crippen molar-refractivity contribution in [3.63, 3.8) is 0 Å². The van der Waals surface area contributed by atoms with Gasteiger partial charge in [0.1, 0.15) is 5.69 Å². The van der Waals surface area contributed by atoms with Crippen molar-refractivity contribution in [1.29, 1.82) is 0 Å². The van der Waals surface area contributed by atoms with Crippen LogP contribution in [0.25, 0.3) is 17.3 Å². The summed E-state index contributed by atoms with van der Waals surface area (Å²) in [6.45, 7) is 0. The van der Waals surface area contributed by atoms with Crippen molar-refractivity contribution in [2.75, 3.05) is 0 Å². The summed E-state index contributed by atoms with van der Waals surface area (Å²) in [6.07, 6.45) is -0.0453. The molecule has 1 aromatic carbocycles. The van der Waals surface area contributed by atoms with Crippen molar-refractivity contribution >= 4 is 12.0 Å². The molecule has 0 saturated carbocycles. The predicted molar refractivity (Wildman–Crippen MR) is 99.8 cm³/mol. The largest absolute Gasteiger partial charge is 0.433 e. The van der Waals surface area contributed by atoms with Gasteiger partial charge in [-0.1, -0.05) is 36.4 Å². The third-order valence-corrected chi connectivity index (χ3v) is 4.04. The molecule has 0 fully saturated rings. The Hall–Kier alpha value is -3.48. The summed E-state index contributed by atoms with van der Waals surface area (Å²) < 4.78 is 37.8. The van der Waals surface area contributed by atoms with Gasteiger partial charge in [-0.2, -0.15) is 13.2 Å². The van der Waals surface area contributed by atoms with E-state index in [4.69, 9.17) is 5.73 Å². The number of carbonyl (C=O) groups is 1. The Morgan fingerprint density at radius 1 is 1.00 bits per heavy atom. The van der Waals surface area contributed by atoms with Gasteiger partial charge < -0.3 is 5.73 Å². The summed E-state index contributed by atoms with van der Waals surface area (Å²) in [5.41, 5.74) is 7.68. The van der Waals surface area contributed by atoms with Crippen LogP contribution in [0, 0.1) is 0 Å². The number of carbonyl (C=O) groups excluding carboxylic acids is 1. The monoisotopic (exact) mass is 383 g/mol. The van der Waals surface area contributed by atoms with E-state index in [9.17, 15) is 18.0 Å². The molecule has 2 N–H and O–H groups in total. The fourth-order valence-electron chi connectivity index (χ4n) is 2.62. The molecule has 2 heterocycles. The number of alkyl halides is 3. The Morgan fingerprint density at radius 3 is 2.29 bits per heavy atom. The molecule has 3 rings (SSSR count). The molecule has 0 unspecified atom stereocenters. The van der Waals surface area contributed by atoms with E-state index in [1.54, 1.807) is 6.20 Å². The first-order valence-corrected chi connectivity index (χ1v) is 8.37. The Morgan fingerprint density at radius 2 is 1.75 bits per heavy atom. The van der Waals surface area contributed by atoms with Crippen molar-refractivity contribution in [3.8, 4) is 11.3 Å². The number of nitrogens with two attached hydrogens (primary N) is 1. The van der Waals surface area contributed by atoms with Gasteiger partial charge in [0.15, 0.2) is 0 Å². The highest BCUT2D eigenvalue weighted by atomic mass is 19.4. The summed E-state index contributed by atoms with van der Waals surface area (Å²) in [7, 11) is 0. The topological polar surface area (TPSA) is 68.9 Å². The molecule has 0 atom stereocenters. The molecule has 0 saturated heterocycles. The van der Waals surface area contributed by atoms with Crippen LogP contribution in [0.1, 0.15) is 16.8 Å². The minimum Gasteiger partial charge on any atom is -0.366 e. The molecule has 2 aromatic heterocycles. The second kappa shape index (κ2) is 8.04. The van der Waals surface area contributed by atoms with Crippen LogP contribution >= 0.6 is 0 Å². The first kappa shape index (κ1) is 19.3. The van der Waals surface area contributed by atoms with Gasteiger partial charge in [0, 0.05) is 30.0 Å². The highest BCUT2D eigenvalue weighted by Crippen LogP contribution is 2.27. The van der Waals surface area contributed by atoms with Crippen molar-refractivity contribution < 1.29 is 18.0 Å². The molecular formula is C21H16F3N3O. The van der Waals surface area contributed by atoms with Crippen LogP contribution in [0.5, 0.6) is 0 Å². The highest BCUT2D eigenvalue weighted by Gasteiger charge is 2.31. The summed E-state index contributed by atoms with van der Waals surface area (Å²) in [5.74, 6) is -0.645. The zero-order valence-corrected chi connectivity index (χ0v) is 14.6. The number of nitrogens with zero attached hydrogens (tertiary/aromatic N) is 2. The summed E-state index contributed by atoms with van der Waals surface area (Å²) in [4.78, 5) is 19.4. The molecule has 0 bridgehead atoms. The second-order valence-corrected chi connectivity index (χ2v) is 6.10. The van der Waals surface area contributed by atoms with Crippen molar-refractivity contribution in [2.24, 2.45) is 5.73 Å². The van der Waals surface area contributed by atoms with Crippen LogP contribution in [-0.2, 0) is 17.4 Å². The van der Waals surface area contributed by atoms with E-state index in [-0.39, 0.29) is 12.0 Å². The van der Waals surface area contributed by atoms with Crippen LogP contribution in [0.15, 0.2) is 72.6 Å². The lowest BCUT2D eigenvalue weighted by Crippen LogP contribution is -2.15. The van der Waals surface area contributed by atoms with E-state index in [1.807, 2.05) is 42.5 Å². The molecule has 0 radical (unpaired) electrons. The molecule has 0 spiro atoms. The highest BCUT2D eigenvalue weighted by molar-refractivity contribution is 5.97. The summed E-state index contributed by atoms with van der Waals surface area (Å²) >= 11 is 0. The molecule has 4 nitrogen and oxygen atoms in total. The normalized spacial score (nSPS) is 12.0. The van der Waals surface area contributed by atoms with Crippen molar-refractivity contribution in [2.45, 2.75) is 12.6 Å². The zero-order valence-electron chi connectivity index (χ0n) is 14.6. The fourth-order valence-corrected chi connectivity index (χ4v) is 2.62. The molecule has 3 aromatic rings. The quantitative estimate of drug-likeness (QED) is 0.669. The van der Waals surface area contributed by atoms with Crippen molar-refractivity contribution in [1.82, 2.24) is 9.97 Å². The number of amides is 1. The summed E-state index contributed by atoms with van der Waals surface area (Å²) in [5, 5.41) is 0. The molecule has 0 aliphatic carbocycles. The zero-order chi connectivity index (χ0) is 20.1. The fraction of sp³-hybridized carbons (Fsp3) is 0.0952. The van der Waals surface area contributed by atoms with Crippen LogP contribution in [0.3, 0.4) is 0 Å². The first-order chi connectivity index (χ1) is 13.3. The standard InChI is InChI=1S/C21H16F3N3O/c22-21(23,24)19-9-6-15(13-27-19)12-17(20(25)28)11-14-4-7-16(8-5-14)18-3-1-2-10-26-18/h1-10,12-13H,11H2,(H2,25,28)/b17-12-. The Bertz CT molecular complexity index is 980. The lowest BCUT2D eigenvalue weighted by molar-refractivity contribution is -0.141. The number of hydrogen-bond donors (Lipinski definition) is 1. The molecule has 1 amide bonds. The van der Waals surface area contributed by atoms with E-state index >= 15 is 0 Å². The van der Waals surface area contributed by atoms with Gasteiger partial charge >= 0.3 is 6.18 Å². The number of halogens is 3. The van der Waals surface area contributed by atoms with E-state index in [0.717, 1.165) is 29.1 Å². The van der Waals surface area contributed by atoms with Gasteiger partial charge in [-0.3, -0.25) is 14.8 Å². The maximum Gasteiger partial charge on any atom is 0.433 e. The smallest absolute Gasteiger partial charge is 0.366 e. The minimum absolute atomic E-state index is 0.249. The van der Waals surface area contributed by atoms with Crippen LogP contribution in [0.4, 0.5) is 13.2 Å². The minimum atomic E-state index is -4.51. The lowest BCUT2D eigenvalue weighted by atomic mass is 10.0. The third-order valence-electron chi connectivity index (χ3n) is 4.04. The van der Waals surface area contributed by atoms with Gasteiger partial charge in [-0.05, 0) is 35.4 Å². The van der Waals surface area contributed by atoms with Crippen LogP contribution < -0.4 is 5.73 Å². The molecule has 0 aliphatic heterocycles. The maximum atomic E-state index is 12.6. The lowest BCUT2D eigenvalue weighted by Gasteiger charge is -2.07.